The Morgan fingerprint density at radius 2 is 1.70 bits per heavy atom. The first-order valence-electron chi connectivity index (χ1n) is 9.06. The van der Waals surface area contributed by atoms with Gasteiger partial charge < -0.3 is 20.5 Å². The molecule has 0 bridgehead atoms. The van der Waals surface area contributed by atoms with Crippen molar-refractivity contribution in [2.75, 3.05) is 25.6 Å². The van der Waals surface area contributed by atoms with Crippen LogP contribution >= 0.6 is 24.0 Å². The maximum absolute atomic E-state index is 6.13. The highest BCUT2D eigenvalue weighted by Crippen LogP contribution is 2.22. The Balaban J connectivity index is 0.00000364. The van der Waals surface area contributed by atoms with E-state index in [1.54, 1.807) is 7.11 Å². The van der Waals surface area contributed by atoms with Gasteiger partial charge in [-0.15, -0.1) is 24.0 Å². The third-order valence-electron chi connectivity index (χ3n) is 4.14. The number of hydrogen-bond donors (Lipinski definition) is 2. The molecule has 0 aliphatic carbocycles. The second-order valence-corrected chi connectivity index (χ2v) is 5.97. The third kappa shape index (κ3) is 7.38. The Bertz CT molecular complexity index is 713. The molecule has 2 aromatic rings. The highest BCUT2D eigenvalue weighted by Gasteiger charge is 2.07. The molecule has 2 rings (SSSR count). The molecule has 2 aromatic carbocycles. The molecule has 0 atom stereocenters. The fraction of sp³-hybridized carbons (Fsp3) is 0.381. The number of methoxy groups -OCH3 is 1. The van der Waals surface area contributed by atoms with Gasteiger partial charge >= 0.3 is 0 Å². The van der Waals surface area contributed by atoms with Crippen LogP contribution in [0.3, 0.4) is 0 Å². The third-order valence-corrected chi connectivity index (χ3v) is 4.14. The Hall–Kier alpha value is -1.80. The van der Waals surface area contributed by atoms with Crippen LogP contribution in [0.2, 0.25) is 0 Å². The highest BCUT2D eigenvalue weighted by atomic mass is 127. The molecule has 0 radical (unpaired) electrons. The van der Waals surface area contributed by atoms with Crippen LogP contribution in [0.1, 0.15) is 30.5 Å². The van der Waals surface area contributed by atoms with Gasteiger partial charge in [-0.3, -0.25) is 0 Å². The van der Waals surface area contributed by atoms with Crippen LogP contribution in [0, 0.1) is 0 Å². The van der Waals surface area contributed by atoms with Crippen molar-refractivity contribution in [3.63, 3.8) is 0 Å². The summed E-state index contributed by atoms with van der Waals surface area (Å²) in [6.07, 6.45) is 1.90. The van der Waals surface area contributed by atoms with E-state index in [9.17, 15) is 0 Å². The molecule has 0 heterocycles. The molecule has 0 aromatic heterocycles. The van der Waals surface area contributed by atoms with Crippen LogP contribution in [0.5, 0.6) is 5.75 Å². The molecular formula is C21H30IN3O2. The largest absolute Gasteiger partial charge is 0.491 e. The van der Waals surface area contributed by atoms with Crippen molar-refractivity contribution in [3.8, 4) is 5.75 Å². The summed E-state index contributed by atoms with van der Waals surface area (Å²) in [4.78, 5) is 4.48. The van der Waals surface area contributed by atoms with E-state index < -0.39 is 0 Å². The van der Waals surface area contributed by atoms with E-state index in [4.69, 9.17) is 15.2 Å². The molecule has 0 amide bonds. The van der Waals surface area contributed by atoms with Gasteiger partial charge in [0.15, 0.2) is 5.96 Å². The summed E-state index contributed by atoms with van der Waals surface area (Å²) in [5.74, 6) is 1.23. The molecule has 0 fully saturated rings. The van der Waals surface area contributed by atoms with Crippen molar-refractivity contribution in [2.24, 2.45) is 10.7 Å². The Morgan fingerprint density at radius 1 is 1.04 bits per heavy atom. The van der Waals surface area contributed by atoms with E-state index in [2.05, 4.69) is 42.4 Å². The van der Waals surface area contributed by atoms with Crippen molar-refractivity contribution in [1.82, 2.24) is 0 Å². The minimum Gasteiger partial charge on any atom is -0.491 e. The minimum absolute atomic E-state index is 0. The number of rotatable bonds is 9. The molecule has 3 N–H and O–H groups in total. The first-order chi connectivity index (χ1) is 12.7. The van der Waals surface area contributed by atoms with E-state index >= 15 is 0 Å². The summed E-state index contributed by atoms with van der Waals surface area (Å²) in [7, 11) is 1.66. The lowest BCUT2D eigenvalue weighted by Gasteiger charge is -2.15. The minimum atomic E-state index is 0. The smallest absolute Gasteiger partial charge is 0.193 e. The topological polar surface area (TPSA) is 68.9 Å². The molecule has 0 saturated carbocycles. The average molecular weight is 483 g/mol. The number of ether oxygens (including phenoxy) is 2. The van der Waals surface area contributed by atoms with E-state index in [0.29, 0.717) is 25.7 Å². The number of hydrogen-bond acceptors (Lipinski definition) is 3. The summed E-state index contributed by atoms with van der Waals surface area (Å²) in [5.41, 5.74) is 10.7. The second kappa shape index (κ2) is 12.6. The fourth-order valence-electron chi connectivity index (χ4n) is 2.72. The average Bonchev–Trinajstić information content (AvgIpc) is 2.67. The Kier molecular flexibility index (Phi) is 10.8. The predicted molar refractivity (Wildman–Crippen MR) is 123 cm³/mol. The van der Waals surface area contributed by atoms with Gasteiger partial charge in [0.2, 0.25) is 0 Å². The molecule has 0 spiro atoms. The number of nitrogens with zero attached hydrogens (tertiary/aromatic N) is 1. The lowest BCUT2D eigenvalue weighted by molar-refractivity contribution is 0.146. The zero-order valence-electron chi connectivity index (χ0n) is 16.3. The quantitative estimate of drug-likeness (QED) is 0.241. The van der Waals surface area contributed by atoms with E-state index in [-0.39, 0.29) is 24.0 Å². The van der Waals surface area contributed by atoms with Crippen molar-refractivity contribution in [3.05, 3.63) is 59.2 Å². The molecule has 0 aliphatic rings. The second-order valence-electron chi connectivity index (χ2n) is 5.97. The van der Waals surface area contributed by atoms with Gasteiger partial charge in [-0.1, -0.05) is 44.2 Å². The molecular weight excluding hydrogens is 453 g/mol. The van der Waals surface area contributed by atoms with Crippen molar-refractivity contribution < 1.29 is 9.47 Å². The molecule has 5 nitrogen and oxygen atoms in total. The number of aryl methyl sites for hydroxylation is 2. The van der Waals surface area contributed by atoms with Gasteiger partial charge in [-0.05, 0) is 41.7 Å². The Morgan fingerprint density at radius 3 is 2.33 bits per heavy atom. The van der Waals surface area contributed by atoms with Gasteiger partial charge in [0.05, 0.1) is 13.2 Å². The zero-order chi connectivity index (χ0) is 18.8. The standard InChI is InChI=1S/C21H29N3O2.HI/c1-4-17-9-7-10-18(5-2)20(17)24-21(22)23-15-16-8-6-11-19(14-16)26-13-12-25-3;/h6-11,14H,4-5,12-13,15H2,1-3H3,(H3,22,23,24);1H. The number of benzene rings is 2. The van der Waals surface area contributed by atoms with Crippen molar-refractivity contribution in [2.45, 2.75) is 33.2 Å². The lowest BCUT2D eigenvalue weighted by atomic mass is 10.0. The number of para-hydroxylation sites is 1. The monoisotopic (exact) mass is 483 g/mol. The van der Waals surface area contributed by atoms with E-state index in [1.165, 1.54) is 11.1 Å². The van der Waals surface area contributed by atoms with Crippen LogP contribution < -0.4 is 15.8 Å². The van der Waals surface area contributed by atoms with Crippen LogP contribution in [-0.2, 0) is 24.1 Å². The highest BCUT2D eigenvalue weighted by molar-refractivity contribution is 14.0. The number of aliphatic imine (C=N–C) groups is 1. The van der Waals surface area contributed by atoms with Gasteiger partial charge in [0.1, 0.15) is 12.4 Å². The van der Waals surface area contributed by atoms with Gasteiger partial charge in [0, 0.05) is 12.8 Å². The first-order valence-corrected chi connectivity index (χ1v) is 9.06. The van der Waals surface area contributed by atoms with Crippen LogP contribution in [0.4, 0.5) is 5.69 Å². The number of anilines is 1. The van der Waals surface area contributed by atoms with Crippen molar-refractivity contribution in [1.29, 1.82) is 0 Å². The summed E-state index contributed by atoms with van der Waals surface area (Å²) >= 11 is 0. The van der Waals surface area contributed by atoms with Gasteiger partial charge in [-0.25, -0.2) is 4.99 Å². The predicted octanol–water partition coefficient (Wildman–Crippen LogP) is 4.38. The molecule has 27 heavy (non-hydrogen) atoms. The number of halogens is 1. The van der Waals surface area contributed by atoms with Gasteiger partial charge in [0.25, 0.3) is 0 Å². The van der Waals surface area contributed by atoms with Crippen LogP contribution in [-0.4, -0.2) is 26.3 Å². The van der Waals surface area contributed by atoms with E-state index in [0.717, 1.165) is 29.8 Å². The summed E-state index contributed by atoms with van der Waals surface area (Å²) in [6, 6.07) is 14.2. The van der Waals surface area contributed by atoms with Crippen LogP contribution in [0.15, 0.2) is 47.5 Å². The SMILES string of the molecule is CCc1cccc(CC)c1NC(N)=NCc1cccc(OCCOC)c1.I. The molecule has 0 unspecified atom stereocenters. The zero-order valence-corrected chi connectivity index (χ0v) is 18.7. The van der Waals surface area contributed by atoms with Gasteiger partial charge in [-0.2, -0.15) is 0 Å². The van der Waals surface area contributed by atoms with Crippen molar-refractivity contribution >= 4 is 35.6 Å². The molecule has 148 valence electrons. The maximum Gasteiger partial charge on any atom is 0.193 e. The maximum atomic E-state index is 6.13. The summed E-state index contributed by atoms with van der Waals surface area (Å²) in [6.45, 7) is 5.87. The normalized spacial score (nSPS) is 11.0. The number of guanidine groups is 1. The summed E-state index contributed by atoms with van der Waals surface area (Å²) < 4.78 is 10.6. The molecule has 6 heteroatoms. The fourth-order valence-corrected chi connectivity index (χ4v) is 2.72. The Labute approximate surface area is 179 Å². The summed E-state index contributed by atoms with van der Waals surface area (Å²) in [5, 5.41) is 3.29. The lowest BCUT2D eigenvalue weighted by Crippen LogP contribution is -2.24. The number of nitrogens with one attached hydrogen (secondary N) is 1. The molecule has 0 saturated heterocycles. The van der Waals surface area contributed by atoms with E-state index in [1.807, 2.05) is 24.3 Å². The van der Waals surface area contributed by atoms with Crippen LogP contribution in [0.25, 0.3) is 0 Å². The molecule has 0 aliphatic heterocycles. The number of nitrogens with two attached hydrogens (primary N) is 1. The first kappa shape index (κ1) is 23.2.